The van der Waals surface area contributed by atoms with Gasteiger partial charge in [0.1, 0.15) is 6.61 Å². The van der Waals surface area contributed by atoms with Gasteiger partial charge in [-0.15, -0.1) is 5.10 Å². The van der Waals surface area contributed by atoms with Crippen LogP contribution in [0.3, 0.4) is 0 Å². The minimum Gasteiger partial charge on any atom is -0.493 e. The van der Waals surface area contributed by atoms with Gasteiger partial charge in [-0.1, -0.05) is 35.5 Å². The number of rotatable bonds is 8. The number of nitrogens with two attached hydrogens (primary N) is 1. The molecule has 1 amide bonds. The van der Waals surface area contributed by atoms with Crippen LogP contribution in [0, 0.1) is 6.92 Å². The number of benzene rings is 2. The third-order valence-electron chi connectivity index (χ3n) is 4.61. The summed E-state index contributed by atoms with van der Waals surface area (Å²) in [5, 5.41) is 18.8. The first-order chi connectivity index (χ1) is 16.1. The van der Waals surface area contributed by atoms with E-state index in [1.807, 2.05) is 30.3 Å². The molecule has 2 heterocycles. The van der Waals surface area contributed by atoms with Crippen molar-refractivity contribution < 1.29 is 18.9 Å². The van der Waals surface area contributed by atoms with Crippen LogP contribution in [0.1, 0.15) is 27.3 Å². The molecule has 0 spiro atoms. The average Bonchev–Trinajstić information content (AvgIpc) is 3.43. The van der Waals surface area contributed by atoms with Gasteiger partial charge in [0.25, 0.3) is 5.91 Å². The van der Waals surface area contributed by atoms with E-state index in [4.69, 9.17) is 15.2 Å². The number of carbonyl (C=O) groups excluding carboxylic acids is 1. The van der Waals surface area contributed by atoms with E-state index in [2.05, 4.69) is 35.8 Å². The number of amides is 1. The Morgan fingerprint density at radius 3 is 2.76 bits per heavy atom. The van der Waals surface area contributed by atoms with Crippen molar-refractivity contribution in [1.82, 2.24) is 30.7 Å². The van der Waals surface area contributed by atoms with Crippen LogP contribution in [0.2, 0.25) is 0 Å². The molecule has 0 atom stereocenters. The number of anilines is 1. The van der Waals surface area contributed by atoms with Gasteiger partial charge in [-0.3, -0.25) is 4.79 Å². The van der Waals surface area contributed by atoms with Gasteiger partial charge >= 0.3 is 0 Å². The number of methoxy groups -OCH3 is 1. The molecule has 0 saturated heterocycles. The van der Waals surface area contributed by atoms with Gasteiger partial charge < -0.3 is 15.2 Å². The lowest BCUT2D eigenvalue weighted by Gasteiger charge is -2.11. The number of hydrazone groups is 1. The summed E-state index contributed by atoms with van der Waals surface area (Å²) in [5.41, 5.74) is 10.3. The van der Waals surface area contributed by atoms with E-state index in [9.17, 15) is 4.79 Å². The Balaban J connectivity index is 1.40. The highest BCUT2D eigenvalue weighted by molar-refractivity contribution is 5.94. The molecule has 0 bridgehead atoms. The summed E-state index contributed by atoms with van der Waals surface area (Å²) in [7, 11) is 1.55. The van der Waals surface area contributed by atoms with E-state index in [1.54, 1.807) is 32.2 Å². The van der Waals surface area contributed by atoms with Crippen molar-refractivity contribution in [3.05, 3.63) is 71.0 Å². The lowest BCUT2D eigenvalue weighted by molar-refractivity contribution is 0.0949. The van der Waals surface area contributed by atoms with E-state index in [-0.39, 0.29) is 17.3 Å². The number of nitrogen functional groups attached to an aromatic ring is 1. The molecule has 0 saturated carbocycles. The van der Waals surface area contributed by atoms with E-state index >= 15 is 0 Å². The molecule has 4 aromatic rings. The van der Waals surface area contributed by atoms with Crippen LogP contribution in [0.5, 0.6) is 11.5 Å². The molecule has 12 nitrogen and oxygen atoms in total. The Kier molecular flexibility index (Phi) is 6.25. The van der Waals surface area contributed by atoms with Crippen molar-refractivity contribution in [2.24, 2.45) is 5.10 Å². The fourth-order valence-corrected chi connectivity index (χ4v) is 2.92. The molecular formula is C21H20N8O4. The van der Waals surface area contributed by atoms with Gasteiger partial charge in [-0.25, -0.2) is 10.1 Å². The van der Waals surface area contributed by atoms with Gasteiger partial charge in [0.2, 0.25) is 11.6 Å². The summed E-state index contributed by atoms with van der Waals surface area (Å²) >= 11 is 0. The third-order valence-corrected chi connectivity index (χ3v) is 4.61. The van der Waals surface area contributed by atoms with Crippen LogP contribution in [0.4, 0.5) is 5.82 Å². The minimum atomic E-state index is -0.556. The maximum Gasteiger partial charge on any atom is 0.293 e. The maximum atomic E-state index is 12.4. The number of aromatic nitrogens is 5. The molecule has 168 valence electrons. The zero-order chi connectivity index (χ0) is 23.2. The number of hydrogen-bond acceptors (Lipinski definition) is 10. The fourth-order valence-electron chi connectivity index (χ4n) is 2.92. The summed E-state index contributed by atoms with van der Waals surface area (Å²) in [6.07, 6.45) is 1.47. The molecule has 2 aromatic heterocycles. The van der Waals surface area contributed by atoms with Gasteiger partial charge in [0, 0.05) is 0 Å². The highest BCUT2D eigenvalue weighted by atomic mass is 16.6. The van der Waals surface area contributed by atoms with E-state index < -0.39 is 5.91 Å². The summed E-state index contributed by atoms with van der Waals surface area (Å²) < 4.78 is 17.1. The van der Waals surface area contributed by atoms with Gasteiger partial charge in [0.15, 0.2) is 17.2 Å². The van der Waals surface area contributed by atoms with Crippen LogP contribution in [-0.2, 0) is 6.61 Å². The third kappa shape index (κ3) is 4.79. The SMILES string of the molecule is COc1cc(C=NNC(=O)c2nnn(-c3nonc3N)c2C)ccc1OCc1ccccc1. The lowest BCUT2D eigenvalue weighted by Crippen LogP contribution is -2.19. The van der Waals surface area contributed by atoms with Crippen LogP contribution in [0.15, 0.2) is 58.3 Å². The van der Waals surface area contributed by atoms with Crippen LogP contribution < -0.4 is 20.6 Å². The first kappa shape index (κ1) is 21.5. The number of nitrogens with one attached hydrogen (secondary N) is 1. The van der Waals surface area contributed by atoms with Crippen molar-refractivity contribution in [3.63, 3.8) is 0 Å². The summed E-state index contributed by atoms with van der Waals surface area (Å²) in [6, 6.07) is 15.1. The zero-order valence-corrected chi connectivity index (χ0v) is 17.8. The Hall–Kier alpha value is -4.74. The Morgan fingerprint density at radius 1 is 1.21 bits per heavy atom. The monoisotopic (exact) mass is 448 g/mol. The van der Waals surface area contributed by atoms with E-state index in [0.29, 0.717) is 29.4 Å². The highest BCUT2D eigenvalue weighted by Gasteiger charge is 2.20. The Labute approximate surface area is 188 Å². The molecular weight excluding hydrogens is 428 g/mol. The lowest BCUT2D eigenvalue weighted by atomic mass is 10.2. The van der Waals surface area contributed by atoms with Crippen LogP contribution in [0.25, 0.3) is 5.82 Å². The predicted molar refractivity (Wildman–Crippen MR) is 117 cm³/mol. The second kappa shape index (κ2) is 9.60. The molecule has 12 heteroatoms. The number of hydrogen-bond donors (Lipinski definition) is 2. The second-order valence-corrected chi connectivity index (χ2v) is 6.79. The maximum absolute atomic E-state index is 12.4. The smallest absolute Gasteiger partial charge is 0.293 e. The van der Waals surface area contributed by atoms with Gasteiger partial charge in [0.05, 0.1) is 19.0 Å². The molecule has 0 aliphatic carbocycles. The molecule has 0 radical (unpaired) electrons. The normalized spacial score (nSPS) is 11.0. The largest absolute Gasteiger partial charge is 0.493 e. The van der Waals surface area contributed by atoms with Crippen molar-refractivity contribution in [1.29, 1.82) is 0 Å². The fraction of sp³-hybridized carbons (Fsp3) is 0.143. The molecule has 0 aliphatic rings. The predicted octanol–water partition coefficient (Wildman–Crippen LogP) is 1.89. The average molecular weight is 448 g/mol. The van der Waals surface area contributed by atoms with Crippen molar-refractivity contribution in [3.8, 4) is 17.3 Å². The number of ether oxygens (including phenoxy) is 2. The molecule has 33 heavy (non-hydrogen) atoms. The Morgan fingerprint density at radius 2 is 2.03 bits per heavy atom. The standard InChI is InChI=1S/C21H20N8O4/c1-13-18(24-28-29(13)20-19(22)26-33-27-20)21(30)25-23-11-15-8-9-16(17(10-15)31-2)32-12-14-6-4-3-5-7-14/h3-11H,12H2,1-2H3,(H2,22,26)(H,25,30). The highest BCUT2D eigenvalue weighted by Crippen LogP contribution is 2.28. The van der Waals surface area contributed by atoms with E-state index in [1.165, 1.54) is 10.9 Å². The molecule has 2 aromatic carbocycles. The molecule has 0 unspecified atom stereocenters. The summed E-state index contributed by atoms with van der Waals surface area (Å²) in [5.74, 6) is 0.748. The molecule has 0 fully saturated rings. The number of carbonyl (C=O) groups is 1. The molecule has 3 N–H and O–H groups in total. The summed E-state index contributed by atoms with van der Waals surface area (Å²) in [6.45, 7) is 2.04. The molecule has 4 rings (SSSR count). The zero-order valence-electron chi connectivity index (χ0n) is 17.8. The van der Waals surface area contributed by atoms with Crippen molar-refractivity contribution in [2.75, 3.05) is 12.8 Å². The second-order valence-electron chi connectivity index (χ2n) is 6.79. The van der Waals surface area contributed by atoms with Gasteiger partial charge in [-0.05, 0) is 46.6 Å². The van der Waals surface area contributed by atoms with Crippen LogP contribution >= 0.6 is 0 Å². The van der Waals surface area contributed by atoms with Crippen LogP contribution in [-0.4, -0.2) is 44.5 Å². The summed E-state index contributed by atoms with van der Waals surface area (Å²) in [4.78, 5) is 12.4. The topological polar surface area (TPSA) is 156 Å². The molecule has 0 aliphatic heterocycles. The minimum absolute atomic E-state index is 0.0260. The first-order valence-corrected chi connectivity index (χ1v) is 9.75. The first-order valence-electron chi connectivity index (χ1n) is 9.75. The van der Waals surface area contributed by atoms with E-state index in [0.717, 1.165) is 5.56 Å². The van der Waals surface area contributed by atoms with Gasteiger partial charge in [-0.2, -0.15) is 9.78 Å². The quantitative estimate of drug-likeness (QED) is 0.303. The van der Waals surface area contributed by atoms with Crippen molar-refractivity contribution >= 4 is 17.9 Å². The van der Waals surface area contributed by atoms with Crippen molar-refractivity contribution in [2.45, 2.75) is 13.5 Å². The number of nitrogens with zero attached hydrogens (tertiary/aromatic N) is 6. The Bertz CT molecular complexity index is 1280.